The minimum absolute atomic E-state index is 0.0131. The van der Waals surface area contributed by atoms with Crippen molar-refractivity contribution in [3.05, 3.63) is 70.4 Å². The predicted octanol–water partition coefficient (Wildman–Crippen LogP) is 7.17. The first-order valence-corrected chi connectivity index (χ1v) is 13.3. The van der Waals surface area contributed by atoms with E-state index in [-0.39, 0.29) is 41.8 Å². The van der Waals surface area contributed by atoms with Crippen LogP contribution in [0.2, 0.25) is 5.02 Å². The maximum atomic E-state index is 15.5. The highest BCUT2D eigenvalue weighted by Gasteiger charge is 2.32. The lowest BCUT2D eigenvalue weighted by atomic mass is 9.79. The average molecular weight is 577 g/mol. The van der Waals surface area contributed by atoms with Crippen LogP contribution in [-0.2, 0) is 11.0 Å². The van der Waals surface area contributed by atoms with Crippen LogP contribution in [0.1, 0.15) is 48.5 Å². The number of pyridine rings is 1. The summed E-state index contributed by atoms with van der Waals surface area (Å²) in [5.74, 6) is 5.09. The highest BCUT2D eigenvalue weighted by atomic mass is 35.5. The zero-order valence-electron chi connectivity index (χ0n) is 21.8. The van der Waals surface area contributed by atoms with Crippen LogP contribution < -0.4 is 4.74 Å². The first-order valence-electron chi connectivity index (χ1n) is 12.9. The summed E-state index contributed by atoms with van der Waals surface area (Å²) < 4.78 is 59.8. The van der Waals surface area contributed by atoms with Gasteiger partial charge in [0, 0.05) is 30.1 Å². The number of hydrogen-bond acceptors (Lipinski definition) is 4. The molecule has 0 bridgehead atoms. The molecular formula is C30H29ClF4N2O3. The smallest absolute Gasteiger partial charge is 0.416 e. The van der Waals surface area contributed by atoms with Crippen LogP contribution in [0.4, 0.5) is 17.6 Å². The molecule has 2 heterocycles. The van der Waals surface area contributed by atoms with Gasteiger partial charge in [0.25, 0.3) is 0 Å². The van der Waals surface area contributed by atoms with Crippen molar-refractivity contribution in [1.82, 2.24) is 9.88 Å². The van der Waals surface area contributed by atoms with Crippen LogP contribution in [0, 0.1) is 23.7 Å². The van der Waals surface area contributed by atoms with Gasteiger partial charge in [0.1, 0.15) is 11.9 Å². The number of nitrogens with zero attached hydrogens (tertiary/aromatic N) is 2. The Hall–Kier alpha value is -3.35. The van der Waals surface area contributed by atoms with Crippen LogP contribution in [0.3, 0.4) is 0 Å². The summed E-state index contributed by atoms with van der Waals surface area (Å²) in [7, 11) is 1.55. The number of aliphatic carboxylic acids is 1. The second-order valence-corrected chi connectivity index (χ2v) is 10.4. The van der Waals surface area contributed by atoms with Crippen molar-refractivity contribution in [2.45, 2.75) is 38.0 Å². The van der Waals surface area contributed by atoms with E-state index in [0.29, 0.717) is 48.1 Å². The van der Waals surface area contributed by atoms with Crippen molar-refractivity contribution in [1.29, 1.82) is 0 Å². The molecule has 3 atom stereocenters. The topological polar surface area (TPSA) is 62.7 Å². The molecule has 1 aromatic heterocycles. The molecule has 0 saturated carbocycles. The Morgan fingerprint density at radius 2 is 2.02 bits per heavy atom. The summed E-state index contributed by atoms with van der Waals surface area (Å²) in [4.78, 5) is 17.9. The number of halogens is 5. The van der Waals surface area contributed by atoms with Crippen molar-refractivity contribution >= 4 is 28.5 Å². The molecular weight excluding hydrogens is 548 g/mol. The molecule has 1 N–H and O–H groups in total. The van der Waals surface area contributed by atoms with Gasteiger partial charge in [-0.3, -0.25) is 14.7 Å². The van der Waals surface area contributed by atoms with Gasteiger partial charge in [-0.05, 0) is 85.7 Å². The Morgan fingerprint density at radius 1 is 1.23 bits per heavy atom. The second kappa shape index (κ2) is 12.9. The van der Waals surface area contributed by atoms with Crippen LogP contribution >= 0.6 is 11.6 Å². The van der Waals surface area contributed by atoms with Gasteiger partial charge in [0.05, 0.1) is 29.8 Å². The molecule has 2 aromatic carbocycles. The molecule has 0 unspecified atom stereocenters. The Kier molecular flexibility index (Phi) is 9.54. The van der Waals surface area contributed by atoms with Crippen LogP contribution in [0.15, 0.2) is 48.7 Å². The quantitative estimate of drug-likeness (QED) is 0.227. The molecule has 5 nitrogen and oxygen atoms in total. The standard InChI is InChI=1S/C30H29ClF4N2O3/c1-40-23-6-9-28-25(17-23)24(10-12-36-28)27(32)8-4-19-11-14-37(18-21(19)16-29(38)39)13-2-3-20-15-22(30(33,34)35)5-7-26(20)31/h5-7,9-10,12,15,17,19,21,27H,4,8,11,13-14,16,18H2,1H3,(H,38,39)/t19-,21+,27+/m1/s1. The number of rotatable bonds is 8. The lowest BCUT2D eigenvalue weighted by Crippen LogP contribution is -2.41. The number of carboxylic acid groups (broad SMARTS) is 1. The monoisotopic (exact) mass is 576 g/mol. The van der Waals surface area contributed by atoms with E-state index in [4.69, 9.17) is 16.3 Å². The Morgan fingerprint density at radius 3 is 2.75 bits per heavy atom. The van der Waals surface area contributed by atoms with Gasteiger partial charge in [-0.2, -0.15) is 13.2 Å². The zero-order valence-corrected chi connectivity index (χ0v) is 22.6. The van der Waals surface area contributed by atoms with Gasteiger partial charge in [0.15, 0.2) is 0 Å². The minimum Gasteiger partial charge on any atom is -0.497 e. The number of fused-ring (bicyclic) bond motifs is 1. The van der Waals surface area contributed by atoms with Gasteiger partial charge in [-0.1, -0.05) is 23.4 Å². The molecule has 4 rings (SSSR count). The summed E-state index contributed by atoms with van der Waals surface area (Å²) in [6.07, 6.45) is -2.79. The number of methoxy groups -OCH3 is 1. The Labute approximate surface area is 235 Å². The van der Waals surface area contributed by atoms with Crippen molar-refractivity contribution in [2.24, 2.45) is 11.8 Å². The summed E-state index contributed by atoms with van der Waals surface area (Å²) in [6, 6.07) is 9.99. The van der Waals surface area contributed by atoms with Crippen LogP contribution in [-0.4, -0.2) is 47.7 Å². The van der Waals surface area contributed by atoms with Crippen molar-refractivity contribution < 1.29 is 32.2 Å². The molecule has 3 aromatic rings. The Bertz CT molecular complexity index is 1420. The van der Waals surface area contributed by atoms with Crippen molar-refractivity contribution in [3.8, 4) is 17.6 Å². The average Bonchev–Trinajstić information content (AvgIpc) is 2.91. The van der Waals surface area contributed by atoms with Gasteiger partial charge in [-0.15, -0.1) is 0 Å². The van der Waals surface area contributed by atoms with Crippen LogP contribution in [0.25, 0.3) is 10.9 Å². The van der Waals surface area contributed by atoms with E-state index < -0.39 is 23.9 Å². The number of aromatic nitrogens is 1. The lowest BCUT2D eigenvalue weighted by Gasteiger charge is -2.37. The fourth-order valence-corrected chi connectivity index (χ4v) is 5.41. The lowest BCUT2D eigenvalue weighted by molar-refractivity contribution is -0.139. The molecule has 40 heavy (non-hydrogen) atoms. The number of benzene rings is 2. The van der Waals surface area contributed by atoms with Crippen LogP contribution in [0.5, 0.6) is 5.75 Å². The molecule has 0 radical (unpaired) electrons. The van der Waals surface area contributed by atoms with E-state index >= 15 is 4.39 Å². The second-order valence-electron chi connectivity index (χ2n) is 9.96. The molecule has 0 amide bonds. The van der Waals surface area contributed by atoms with Crippen molar-refractivity contribution in [3.63, 3.8) is 0 Å². The van der Waals surface area contributed by atoms with E-state index in [9.17, 15) is 23.1 Å². The van der Waals surface area contributed by atoms with Gasteiger partial charge in [0.2, 0.25) is 0 Å². The third-order valence-corrected chi connectivity index (χ3v) is 7.67. The molecule has 1 fully saturated rings. The van der Waals surface area contributed by atoms with E-state index in [1.807, 2.05) is 4.90 Å². The van der Waals surface area contributed by atoms with E-state index in [2.05, 4.69) is 16.8 Å². The molecule has 1 saturated heterocycles. The number of carbonyl (C=O) groups is 1. The molecule has 0 aliphatic carbocycles. The normalized spacial score (nSPS) is 18.6. The maximum absolute atomic E-state index is 15.5. The summed E-state index contributed by atoms with van der Waals surface area (Å²) >= 11 is 6.03. The number of alkyl halides is 4. The third kappa shape index (κ3) is 7.43. The summed E-state index contributed by atoms with van der Waals surface area (Å²) in [5, 5.41) is 10.3. The molecule has 212 valence electrons. The number of piperidine rings is 1. The first-order chi connectivity index (χ1) is 19.0. The summed E-state index contributed by atoms with van der Waals surface area (Å²) in [5.41, 5.74) is 0.461. The first kappa shape index (κ1) is 29.6. The fraction of sp³-hybridized carbons (Fsp3) is 0.400. The van der Waals surface area contributed by atoms with Gasteiger partial charge >= 0.3 is 12.1 Å². The van der Waals surface area contributed by atoms with Crippen molar-refractivity contribution in [2.75, 3.05) is 26.7 Å². The van der Waals surface area contributed by atoms with E-state index in [1.165, 1.54) is 6.07 Å². The largest absolute Gasteiger partial charge is 0.497 e. The number of likely N-dealkylation sites (tertiary alicyclic amines) is 1. The van der Waals surface area contributed by atoms with E-state index in [1.54, 1.807) is 37.6 Å². The molecule has 1 aliphatic rings. The fourth-order valence-electron chi connectivity index (χ4n) is 5.24. The number of hydrogen-bond donors (Lipinski definition) is 1. The summed E-state index contributed by atoms with van der Waals surface area (Å²) in [6.45, 7) is 1.33. The predicted molar refractivity (Wildman–Crippen MR) is 145 cm³/mol. The van der Waals surface area contributed by atoms with Gasteiger partial charge in [-0.25, -0.2) is 4.39 Å². The number of ether oxygens (including phenoxy) is 1. The zero-order chi connectivity index (χ0) is 28.9. The minimum atomic E-state index is -4.50. The highest BCUT2D eigenvalue weighted by molar-refractivity contribution is 6.31. The third-order valence-electron chi connectivity index (χ3n) is 7.34. The molecule has 10 heteroatoms. The molecule has 0 spiro atoms. The number of carboxylic acids is 1. The SMILES string of the molecule is COc1ccc2nccc([C@@H](F)CC[C@@H]3CCN(CC#Cc4cc(C(F)(F)F)ccc4Cl)C[C@@H]3CC(=O)O)c2c1. The Balaban J connectivity index is 1.40. The molecule has 1 aliphatic heterocycles. The van der Waals surface area contributed by atoms with Gasteiger partial charge < -0.3 is 9.84 Å². The van der Waals surface area contributed by atoms with E-state index in [0.717, 1.165) is 12.1 Å². The maximum Gasteiger partial charge on any atom is 0.416 e. The highest BCUT2D eigenvalue weighted by Crippen LogP contribution is 2.36.